The van der Waals surface area contributed by atoms with Crippen LogP contribution in [0.5, 0.6) is 11.5 Å². The Hall–Kier alpha value is -1.23. The summed E-state index contributed by atoms with van der Waals surface area (Å²) in [4.78, 5) is 0. The fraction of sp³-hybridized carbons (Fsp3) is 0.478. The molecular weight excluding hydrogens is 438 g/mol. The van der Waals surface area contributed by atoms with Crippen LogP contribution >= 0.6 is 27.5 Å². The molecule has 2 rings (SSSR count). The molecule has 0 aliphatic heterocycles. The monoisotopic (exact) mass is 467 g/mol. The van der Waals surface area contributed by atoms with Gasteiger partial charge in [-0.3, -0.25) is 0 Å². The number of rotatable bonds is 13. The average molecular weight is 469 g/mol. The van der Waals surface area contributed by atoms with Crippen molar-refractivity contribution in [1.82, 2.24) is 5.32 Å². The van der Waals surface area contributed by atoms with Crippen LogP contribution in [-0.2, 0) is 13.2 Å². The fourth-order valence-corrected chi connectivity index (χ4v) is 3.59. The first-order valence-electron chi connectivity index (χ1n) is 10.2. The molecule has 2 aromatic carbocycles. The van der Waals surface area contributed by atoms with Crippen LogP contribution in [0, 0.1) is 0 Å². The van der Waals surface area contributed by atoms with E-state index in [1.54, 1.807) is 0 Å². The van der Waals surface area contributed by atoms with Crippen molar-refractivity contribution in [3.05, 3.63) is 57.0 Å². The van der Waals surface area contributed by atoms with Crippen molar-refractivity contribution in [3.8, 4) is 11.5 Å². The Morgan fingerprint density at radius 1 is 0.929 bits per heavy atom. The quantitative estimate of drug-likeness (QED) is 0.317. The van der Waals surface area contributed by atoms with Crippen LogP contribution in [-0.4, -0.2) is 13.2 Å². The molecule has 28 heavy (non-hydrogen) atoms. The van der Waals surface area contributed by atoms with E-state index in [1.165, 1.54) is 37.7 Å². The lowest BCUT2D eigenvalue weighted by Gasteiger charge is -2.16. The third-order valence-electron chi connectivity index (χ3n) is 4.53. The van der Waals surface area contributed by atoms with Gasteiger partial charge in [0.2, 0.25) is 0 Å². The van der Waals surface area contributed by atoms with Gasteiger partial charge in [0, 0.05) is 21.6 Å². The van der Waals surface area contributed by atoms with Crippen molar-refractivity contribution in [2.75, 3.05) is 13.2 Å². The van der Waals surface area contributed by atoms with Gasteiger partial charge in [0.25, 0.3) is 0 Å². The predicted octanol–water partition coefficient (Wildman–Crippen LogP) is 7.14. The van der Waals surface area contributed by atoms with Crippen LogP contribution in [0.25, 0.3) is 0 Å². The predicted molar refractivity (Wildman–Crippen MR) is 122 cm³/mol. The zero-order valence-corrected chi connectivity index (χ0v) is 19.2. The van der Waals surface area contributed by atoms with Crippen LogP contribution in [0.1, 0.15) is 57.1 Å². The molecule has 0 spiro atoms. The van der Waals surface area contributed by atoms with Gasteiger partial charge in [0.05, 0.1) is 6.61 Å². The lowest BCUT2D eigenvalue weighted by molar-refractivity contribution is 0.269. The molecule has 0 aromatic heterocycles. The van der Waals surface area contributed by atoms with Gasteiger partial charge in [0.15, 0.2) is 11.5 Å². The third kappa shape index (κ3) is 7.65. The zero-order valence-electron chi connectivity index (χ0n) is 16.9. The number of halogens is 2. The average Bonchev–Trinajstić information content (AvgIpc) is 2.69. The van der Waals surface area contributed by atoms with Crippen molar-refractivity contribution in [1.29, 1.82) is 0 Å². The van der Waals surface area contributed by atoms with Gasteiger partial charge in [-0.1, -0.05) is 78.3 Å². The van der Waals surface area contributed by atoms with Crippen LogP contribution in [0.2, 0.25) is 5.02 Å². The van der Waals surface area contributed by atoms with Crippen LogP contribution in [0.4, 0.5) is 0 Å². The highest BCUT2D eigenvalue weighted by Gasteiger charge is 2.12. The summed E-state index contributed by atoms with van der Waals surface area (Å²) in [6, 6.07) is 11.8. The highest BCUT2D eigenvalue weighted by Crippen LogP contribution is 2.34. The number of nitrogens with one attached hydrogen (secondary N) is 1. The molecule has 5 heteroatoms. The van der Waals surface area contributed by atoms with Crippen LogP contribution in [0.15, 0.2) is 40.9 Å². The Balaban J connectivity index is 1.95. The molecule has 0 saturated carbocycles. The lowest BCUT2D eigenvalue weighted by atomic mass is 10.1. The first-order chi connectivity index (χ1) is 13.7. The SMILES string of the molecule is CCCCCCCNCc1cc(OCC)c(OCc2ccccc2Cl)cc1Br. The maximum absolute atomic E-state index is 6.23. The topological polar surface area (TPSA) is 30.5 Å². The molecule has 0 unspecified atom stereocenters. The van der Waals surface area contributed by atoms with Crippen LogP contribution in [0.3, 0.4) is 0 Å². The standard InChI is InChI=1S/C23H31BrClNO2/c1-3-5-6-7-10-13-26-16-19-14-22(27-4-2)23(15-20(19)24)28-17-18-11-8-9-12-21(18)25/h8-9,11-12,14-15,26H,3-7,10,13,16-17H2,1-2H3. The van der Waals surface area contributed by atoms with Gasteiger partial charge in [-0.05, 0) is 43.7 Å². The minimum absolute atomic E-state index is 0.404. The summed E-state index contributed by atoms with van der Waals surface area (Å²) in [5.41, 5.74) is 2.12. The molecule has 2 aromatic rings. The fourth-order valence-electron chi connectivity index (χ4n) is 2.94. The normalized spacial score (nSPS) is 10.9. The molecular formula is C23H31BrClNO2. The maximum atomic E-state index is 6.23. The second-order valence-electron chi connectivity index (χ2n) is 6.79. The summed E-state index contributed by atoms with van der Waals surface area (Å²) in [5, 5.41) is 4.24. The van der Waals surface area contributed by atoms with E-state index >= 15 is 0 Å². The largest absolute Gasteiger partial charge is 0.490 e. The Morgan fingerprint density at radius 2 is 1.68 bits per heavy atom. The van der Waals surface area contributed by atoms with Gasteiger partial charge in [-0.15, -0.1) is 0 Å². The lowest BCUT2D eigenvalue weighted by Crippen LogP contribution is -2.15. The first-order valence-corrected chi connectivity index (χ1v) is 11.3. The van der Waals surface area contributed by atoms with E-state index in [0.717, 1.165) is 34.6 Å². The molecule has 0 fully saturated rings. The Labute approximate surface area is 182 Å². The molecule has 0 heterocycles. The van der Waals surface area contributed by atoms with E-state index < -0.39 is 0 Å². The molecule has 1 N–H and O–H groups in total. The van der Waals surface area contributed by atoms with Gasteiger partial charge in [-0.2, -0.15) is 0 Å². The summed E-state index contributed by atoms with van der Waals surface area (Å²) < 4.78 is 12.8. The minimum Gasteiger partial charge on any atom is -0.490 e. The number of ether oxygens (including phenoxy) is 2. The number of benzene rings is 2. The van der Waals surface area contributed by atoms with Gasteiger partial charge in [-0.25, -0.2) is 0 Å². The Bertz CT molecular complexity index is 724. The van der Waals surface area contributed by atoms with E-state index in [1.807, 2.05) is 37.3 Å². The van der Waals surface area contributed by atoms with Gasteiger partial charge in [0.1, 0.15) is 6.61 Å². The Kier molecular flexibility index (Phi) is 10.8. The second-order valence-corrected chi connectivity index (χ2v) is 8.06. The number of hydrogen-bond donors (Lipinski definition) is 1. The van der Waals surface area contributed by atoms with E-state index in [-0.39, 0.29) is 0 Å². The van der Waals surface area contributed by atoms with Crippen molar-refractivity contribution >= 4 is 27.5 Å². The molecule has 0 radical (unpaired) electrons. The highest BCUT2D eigenvalue weighted by atomic mass is 79.9. The summed E-state index contributed by atoms with van der Waals surface area (Å²) in [6.07, 6.45) is 6.45. The first kappa shape index (κ1) is 23.1. The molecule has 3 nitrogen and oxygen atoms in total. The third-order valence-corrected chi connectivity index (χ3v) is 5.63. The van der Waals surface area contributed by atoms with Crippen molar-refractivity contribution < 1.29 is 9.47 Å². The summed E-state index contributed by atoms with van der Waals surface area (Å²) >= 11 is 9.90. The van der Waals surface area contributed by atoms with Crippen molar-refractivity contribution in [2.24, 2.45) is 0 Å². The van der Waals surface area contributed by atoms with Crippen LogP contribution < -0.4 is 14.8 Å². The smallest absolute Gasteiger partial charge is 0.162 e. The van der Waals surface area contributed by atoms with E-state index in [2.05, 4.69) is 34.2 Å². The Morgan fingerprint density at radius 3 is 2.43 bits per heavy atom. The second kappa shape index (κ2) is 13.1. The molecule has 0 atom stereocenters. The number of hydrogen-bond acceptors (Lipinski definition) is 3. The maximum Gasteiger partial charge on any atom is 0.162 e. The van der Waals surface area contributed by atoms with E-state index in [4.69, 9.17) is 21.1 Å². The van der Waals surface area contributed by atoms with E-state index in [9.17, 15) is 0 Å². The molecule has 0 saturated heterocycles. The van der Waals surface area contributed by atoms with Gasteiger partial charge < -0.3 is 14.8 Å². The molecule has 0 bridgehead atoms. The molecule has 0 aliphatic rings. The molecule has 0 aliphatic carbocycles. The minimum atomic E-state index is 0.404. The van der Waals surface area contributed by atoms with Gasteiger partial charge >= 0.3 is 0 Å². The molecule has 154 valence electrons. The van der Waals surface area contributed by atoms with E-state index in [0.29, 0.717) is 18.2 Å². The summed E-state index contributed by atoms with van der Waals surface area (Å²) in [5.74, 6) is 1.48. The number of unbranched alkanes of at least 4 members (excludes halogenated alkanes) is 4. The zero-order chi connectivity index (χ0) is 20.2. The molecule has 0 amide bonds. The van der Waals surface area contributed by atoms with Crippen molar-refractivity contribution in [2.45, 2.75) is 59.1 Å². The highest BCUT2D eigenvalue weighted by molar-refractivity contribution is 9.10. The van der Waals surface area contributed by atoms with Crippen molar-refractivity contribution in [3.63, 3.8) is 0 Å². The summed E-state index contributed by atoms with van der Waals surface area (Å²) in [6.45, 7) is 7.06. The summed E-state index contributed by atoms with van der Waals surface area (Å²) in [7, 11) is 0.